The zero-order valence-electron chi connectivity index (χ0n) is 9.84. The van der Waals surface area contributed by atoms with E-state index in [1.807, 2.05) is 23.1 Å². The van der Waals surface area contributed by atoms with Crippen molar-refractivity contribution in [2.24, 2.45) is 0 Å². The van der Waals surface area contributed by atoms with Crippen molar-refractivity contribution in [2.75, 3.05) is 18.0 Å². The number of piperazine rings is 1. The van der Waals surface area contributed by atoms with E-state index in [2.05, 4.69) is 5.32 Å². The maximum Gasteiger partial charge on any atom is 0.184 e. The van der Waals surface area contributed by atoms with E-state index in [-0.39, 0.29) is 17.6 Å². The number of ketones is 1. The Balaban J connectivity index is 2.02. The summed E-state index contributed by atoms with van der Waals surface area (Å²) in [6.07, 6.45) is 5.25. The lowest BCUT2D eigenvalue weighted by Gasteiger charge is -2.39. The molecular weight excluding hydrogens is 228 g/mol. The number of fused-ring (bicyclic) bond motifs is 1. The zero-order chi connectivity index (χ0) is 12.5. The number of nitrogens with zero attached hydrogens (tertiary/aromatic N) is 1. The van der Waals surface area contributed by atoms with Gasteiger partial charge in [0.2, 0.25) is 0 Å². The summed E-state index contributed by atoms with van der Waals surface area (Å²) in [5.41, 5.74) is 1.61. The van der Waals surface area contributed by atoms with Crippen molar-refractivity contribution in [1.82, 2.24) is 5.32 Å². The van der Waals surface area contributed by atoms with Gasteiger partial charge in [-0.15, -0.1) is 0 Å². The largest absolute Gasteiger partial charge is 0.506 e. The van der Waals surface area contributed by atoms with Crippen LogP contribution in [0, 0.1) is 0 Å². The Labute approximate surface area is 105 Å². The van der Waals surface area contributed by atoms with E-state index in [4.69, 9.17) is 0 Å². The smallest absolute Gasteiger partial charge is 0.184 e. The quantitative estimate of drug-likeness (QED) is 0.777. The molecule has 0 bridgehead atoms. The number of carbonyl (C=O) groups is 1. The van der Waals surface area contributed by atoms with Crippen LogP contribution in [-0.2, 0) is 4.79 Å². The molecule has 1 heterocycles. The summed E-state index contributed by atoms with van der Waals surface area (Å²) in [4.78, 5) is 14.0. The molecule has 1 unspecified atom stereocenters. The minimum Gasteiger partial charge on any atom is -0.506 e. The van der Waals surface area contributed by atoms with Crippen LogP contribution in [0.1, 0.15) is 0 Å². The first-order chi connectivity index (χ1) is 8.77. The highest BCUT2D eigenvalue weighted by Crippen LogP contribution is 2.31. The molecule has 4 heteroatoms. The van der Waals surface area contributed by atoms with E-state index in [1.165, 1.54) is 0 Å². The molecule has 0 saturated carbocycles. The zero-order valence-corrected chi connectivity index (χ0v) is 9.84. The molecule has 1 saturated heterocycles. The number of hydrogen-bond acceptors (Lipinski definition) is 4. The fourth-order valence-electron chi connectivity index (χ4n) is 2.48. The summed E-state index contributed by atoms with van der Waals surface area (Å²) in [6, 6.07) is 6.79. The molecule has 3 rings (SSSR count). The molecule has 18 heavy (non-hydrogen) atoms. The second kappa shape index (κ2) is 4.22. The van der Waals surface area contributed by atoms with Crippen molar-refractivity contribution in [1.29, 1.82) is 0 Å². The lowest BCUT2D eigenvalue weighted by atomic mass is 9.98. The fourth-order valence-corrected chi connectivity index (χ4v) is 2.48. The number of para-hydroxylation sites is 2. The van der Waals surface area contributed by atoms with Gasteiger partial charge >= 0.3 is 0 Å². The Morgan fingerprint density at radius 1 is 1.33 bits per heavy atom. The molecule has 0 radical (unpaired) electrons. The summed E-state index contributed by atoms with van der Waals surface area (Å²) in [6.45, 7) is 1.46. The van der Waals surface area contributed by atoms with Crippen LogP contribution < -0.4 is 10.2 Å². The second-order valence-corrected chi connectivity index (χ2v) is 4.39. The molecule has 1 atom stereocenters. The predicted octanol–water partition coefficient (Wildman–Crippen LogP) is 1.19. The Kier molecular flexibility index (Phi) is 2.55. The Morgan fingerprint density at radius 2 is 2.17 bits per heavy atom. The third-order valence-electron chi connectivity index (χ3n) is 3.29. The summed E-state index contributed by atoms with van der Waals surface area (Å²) in [7, 11) is 0. The van der Waals surface area contributed by atoms with Crippen molar-refractivity contribution < 1.29 is 9.90 Å². The van der Waals surface area contributed by atoms with Crippen LogP contribution in [0.25, 0.3) is 0 Å². The number of rotatable bonds is 1. The highest BCUT2D eigenvalue weighted by atomic mass is 16.3. The first-order valence-corrected chi connectivity index (χ1v) is 5.98. The van der Waals surface area contributed by atoms with E-state index in [9.17, 15) is 9.90 Å². The molecule has 4 nitrogen and oxygen atoms in total. The minimum absolute atomic E-state index is 0.0444. The lowest BCUT2D eigenvalue weighted by Crippen LogP contribution is -2.53. The van der Waals surface area contributed by atoms with Gasteiger partial charge in [-0.2, -0.15) is 0 Å². The van der Waals surface area contributed by atoms with Gasteiger partial charge < -0.3 is 15.3 Å². The molecule has 2 N–H and O–H groups in total. The van der Waals surface area contributed by atoms with Crippen LogP contribution in [0.5, 0.6) is 5.75 Å². The van der Waals surface area contributed by atoms with Gasteiger partial charge in [0.15, 0.2) is 5.78 Å². The van der Waals surface area contributed by atoms with Gasteiger partial charge in [0, 0.05) is 18.8 Å². The third-order valence-corrected chi connectivity index (χ3v) is 3.29. The van der Waals surface area contributed by atoms with Crippen LogP contribution in [0.15, 0.2) is 48.2 Å². The Bertz CT molecular complexity index is 548. The number of phenols is 1. The van der Waals surface area contributed by atoms with E-state index >= 15 is 0 Å². The maximum atomic E-state index is 12.0. The molecular formula is C14H14N2O2. The SMILES string of the molecule is O=C1C=CC=C2NCCN(c3ccccc3O)C12. The number of phenolic OH excluding ortho intramolecular Hbond substituents is 1. The summed E-state index contributed by atoms with van der Waals surface area (Å²) >= 11 is 0. The van der Waals surface area contributed by atoms with Crippen molar-refractivity contribution in [3.05, 3.63) is 48.2 Å². The molecule has 1 aromatic carbocycles. The molecule has 1 fully saturated rings. The summed E-state index contributed by atoms with van der Waals surface area (Å²) in [5, 5.41) is 13.2. The number of benzene rings is 1. The average Bonchev–Trinajstić information content (AvgIpc) is 2.39. The third kappa shape index (κ3) is 1.66. The predicted molar refractivity (Wildman–Crippen MR) is 69.5 cm³/mol. The van der Waals surface area contributed by atoms with Crippen LogP contribution in [0.4, 0.5) is 5.69 Å². The number of anilines is 1. The molecule has 0 aromatic heterocycles. The number of carbonyl (C=O) groups excluding carboxylic acids is 1. The van der Waals surface area contributed by atoms with Crippen molar-refractivity contribution in [3.8, 4) is 5.75 Å². The number of allylic oxidation sites excluding steroid dienone is 2. The highest BCUT2D eigenvalue weighted by Gasteiger charge is 2.33. The van der Waals surface area contributed by atoms with Crippen LogP contribution in [0.3, 0.4) is 0 Å². The van der Waals surface area contributed by atoms with Gasteiger partial charge in [0.05, 0.1) is 5.69 Å². The molecule has 2 aliphatic rings. The van der Waals surface area contributed by atoms with E-state index in [0.717, 1.165) is 12.2 Å². The van der Waals surface area contributed by atoms with E-state index in [0.29, 0.717) is 12.2 Å². The molecule has 1 aliphatic heterocycles. The molecule has 92 valence electrons. The van der Waals surface area contributed by atoms with Gasteiger partial charge in [-0.25, -0.2) is 0 Å². The van der Waals surface area contributed by atoms with Crippen LogP contribution >= 0.6 is 0 Å². The molecule has 1 aliphatic carbocycles. The summed E-state index contributed by atoms with van der Waals surface area (Å²) < 4.78 is 0. The molecule has 0 amide bonds. The summed E-state index contributed by atoms with van der Waals surface area (Å²) in [5.74, 6) is 0.254. The van der Waals surface area contributed by atoms with Gasteiger partial charge in [0.1, 0.15) is 11.8 Å². The van der Waals surface area contributed by atoms with Gasteiger partial charge in [-0.1, -0.05) is 18.2 Å². The van der Waals surface area contributed by atoms with Crippen molar-refractivity contribution in [3.63, 3.8) is 0 Å². The van der Waals surface area contributed by atoms with Gasteiger partial charge in [-0.05, 0) is 24.3 Å². The highest BCUT2D eigenvalue weighted by molar-refractivity contribution is 6.00. The maximum absolute atomic E-state index is 12.0. The van der Waals surface area contributed by atoms with Gasteiger partial charge in [0.25, 0.3) is 0 Å². The second-order valence-electron chi connectivity index (χ2n) is 4.39. The Morgan fingerprint density at radius 3 is 3.00 bits per heavy atom. The molecule has 0 spiro atoms. The number of aromatic hydroxyl groups is 1. The lowest BCUT2D eigenvalue weighted by molar-refractivity contribution is -0.115. The Hall–Kier alpha value is -2.23. The molecule has 1 aromatic rings. The van der Waals surface area contributed by atoms with Crippen molar-refractivity contribution >= 4 is 11.5 Å². The standard InChI is InChI=1S/C14H14N2O2/c17-12-6-2-1-5-11(12)16-9-8-15-10-4-3-7-13(18)14(10)16/h1-7,14-15,17H,8-9H2. The fraction of sp³-hybridized carbons (Fsp3) is 0.214. The monoisotopic (exact) mass is 242 g/mol. The first-order valence-electron chi connectivity index (χ1n) is 5.98. The minimum atomic E-state index is -0.336. The normalized spacial score (nSPS) is 22.2. The van der Waals surface area contributed by atoms with Crippen LogP contribution in [0.2, 0.25) is 0 Å². The average molecular weight is 242 g/mol. The number of hydrogen-bond donors (Lipinski definition) is 2. The topological polar surface area (TPSA) is 52.6 Å². The van der Waals surface area contributed by atoms with E-state index in [1.54, 1.807) is 24.3 Å². The van der Waals surface area contributed by atoms with Crippen molar-refractivity contribution in [2.45, 2.75) is 6.04 Å². The van der Waals surface area contributed by atoms with E-state index < -0.39 is 0 Å². The number of nitrogens with one attached hydrogen (secondary N) is 1. The first kappa shape index (κ1) is 10.9. The van der Waals surface area contributed by atoms with Crippen LogP contribution in [-0.4, -0.2) is 30.0 Å². The van der Waals surface area contributed by atoms with Gasteiger partial charge in [-0.3, -0.25) is 4.79 Å².